The van der Waals surface area contributed by atoms with Crippen molar-refractivity contribution in [2.75, 3.05) is 0 Å². The van der Waals surface area contributed by atoms with Crippen LogP contribution >= 0.6 is 0 Å². The molecule has 0 aliphatic carbocycles. The first-order chi connectivity index (χ1) is 9.18. The Hall–Kier alpha value is -1.78. The van der Waals surface area contributed by atoms with Crippen molar-refractivity contribution >= 4 is 0 Å². The minimum absolute atomic E-state index is 0.269. The highest BCUT2D eigenvalue weighted by Crippen LogP contribution is 2.34. The fourth-order valence-corrected chi connectivity index (χ4v) is 2.12. The summed E-state index contributed by atoms with van der Waals surface area (Å²) in [6.45, 7) is 4.82. The first-order valence-corrected chi connectivity index (χ1v) is 6.37. The SMILES string of the molecule is CC(C)(C)c1cnn(CC(F)(F)F)c1-c1ccccc1. The predicted octanol–water partition coefficient (Wildman–Crippen LogP) is 4.41. The molecule has 1 aromatic heterocycles. The Morgan fingerprint density at radius 1 is 1.05 bits per heavy atom. The third-order valence-electron chi connectivity index (χ3n) is 3.02. The second-order valence-corrected chi connectivity index (χ2v) is 5.80. The van der Waals surface area contributed by atoms with Gasteiger partial charge in [-0.1, -0.05) is 51.1 Å². The molecule has 1 aromatic carbocycles. The van der Waals surface area contributed by atoms with Gasteiger partial charge in [-0.15, -0.1) is 0 Å². The fraction of sp³-hybridized carbons (Fsp3) is 0.400. The van der Waals surface area contributed by atoms with E-state index in [1.54, 1.807) is 12.1 Å². The van der Waals surface area contributed by atoms with Crippen LogP contribution in [0.3, 0.4) is 0 Å². The lowest BCUT2D eigenvalue weighted by Crippen LogP contribution is -2.20. The molecule has 5 heteroatoms. The molecule has 2 nitrogen and oxygen atoms in total. The van der Waals surface area contributed by atoms with Gasteiger partial charge in [-0.3, -0.25) is 4.68 Å². The maximum Gasteiger partial charge on any atom is 0.408 e. The van der Waals surface area contributed by atoms with Crippen molar-refractivity contribution < 1.29 is 13.2 Å². The van der Waals surface area contributed by atoms with Crippen LogP contribution in [0.5, 0.6) is 0 Å². The number of rotatable bonds is 2. The Morgan fingerprint density at radius 2 is 1.65 bits per heavy atom. The Bertz CT molecular complexity index is 577. The zero-order chi connectivity index (χ0) is 15.0. The summed E-state index contributed by atoms with van der Waals surface area (Å²) < 4.78 is 39.1. The monoisotopic (exact) mass is 282 g/mol. The minimum atomic E-state index is -4.29. The molecule has 0 saturated carbocycles. The quantitative estimate of drug-likeness (QED) is 0.797. The van der Waals surface area contributed by atoms with Crippen LogP contribution in [0.1, 0.15) is 26.3 Å². The predicted molar refractivity (Wildman–Crippen MR) is 72.4 cm³/mol. The van der Waals surface area contributed by atoms with Crippen molar-refractivity contribution in [3.8, 4) is 11.3 Å². The number of benzene rings is 1. The summed E-state index contributed by atoms with van der Waals surface area (Å²) in [5, 5.41) is 3.94. The van der Waals surface area contributed by atoms with Crippen LogP contribution in [0.15, 0.2) is 36.5 Å². The lowest BCUT2D eigenvalue weighted by molar-refractivity contribution is -0.142. The number of aromatic nitrogens is 2. The maximum absolute atomic E-state index is 12.7. The zero-order valence-corrected chi connectivity index (χ0v) is 11.7. The van der Waals surface area contributed by atoms with E-state index in [0.29, 0.717) is 5.69 Å². The smallest absolute Gasteiger partial charge is 0.255 e. The summed E-state index contributed by atoms with van der Waals surface area (Å²) in [7, 11) is 0. The van der Waals surface area contributed by atoms with Gasteiger partial charge in [0.15, 0.2) is 0 Å². The Labute approximate surface area is 116 Å². The number of hydrogen-bond donors (Lipinski definition) is 0. The third-order valence-corrected chi connectivity index (χ3v) is 3.02. The molecule has 0 aliphatic rings. The molecular weight excluding hydrogens is 265 g/mol. The van der Waals surface area contributed by atoms with Crippen LogP contribution < -0.4 is 0 Å². The van der Waals surface area contributed by atoms with Crippen molar-refractivity contribution in [2.24, 2.45) is 0 Å². The minimum Gasteiger partial charge on any atom is -0.255 e. The van der Waals surface area contributed by atoms with Crippen molar-refractivity contribution in [3.63, 3.8) is 0 Å². The molecule has 0 bridgehead atoms. The van der Waals surface area contributed by atoms with Crippen LogP contribution in [0.25, 0.3) is 11.3 Å². The summed E-state index contributed by atoms with van der Waals surface area (Å²) in [6, 6.07) is 9.07. The molecule has 0 spiro atoms. The van der Waals surface area contributed by atoms with Crippen LogP contribution in [0.2, 0.25) is 0 Å². The van der Waals surface area contributed by atoms with Crippen LogP contribution in [0.4, 0.5) is 13.2 Å². The molecular formula is C15H17F3N2. The van der Waals surface area contributed by atoms with Gasteiger partial charge in [0, 0.05) is 11.1 Å². The molecule has 0 atom stereocenters. The topological polar surface area (TPSA) is 17.8 Å². The van der Waals surface area contributed by atoms with E-state index in [1.807, 2.05) is 39.0 Å². The molecule has 2 rings (SSSR count). The average Bonchev–Trinajstić information content (AvgIpc) is 2.71. The van der Waals surface area contributed by atoms with Gasteiger partial charge in [0.05, 0.1) is 11.9 Å². The molecule has 0 aliphatic heterocycles. The van der Waals surface area contributed by atoms with Crippen molar-refractivity contribution in [3.05, 3.63) is 42.1 Å². The van der Waals surface area contributed by atoms with E-state index in [4.69, 9.17) is 0 Å². The summed E-state index contributed by atoms with van der Waals surface area (Å²) in [5.41, 5.74) is 1.83. The van der Waals surface area contributed by atoms with Gasteiger partial charge in [-0.2, -0.15) is 18.3 Å². The molecule has 1 heterocycles. The van der Waals surface area contributed by atoms with E-state index < -0.39 is 12.7 Å². The highest BCUT2D eigenvalue weighted by atomic mass is 19.4. The normalized spacial score (nSPS) is 12.7. The highest BCUT2D eigenvalue weighted by Gasteiger charge is 2.32. The van der Waals surface area contributed by atoms with E-state index in [0.717, 1.165) is 15.8 Å². The van der Waals surface area contributed by atoms with Gasteiger partial charge in [0.2, 0.25) is 0 Å². The van der Waals surface area contributed by atoms with Gasteiger partial charge in [-0.25, -0.2) is 0 Å². The lowest BCUT2D eigenvalue weighted by Gasteiger charge is -2.20. The van der Waals surface area contributed by atoms with Gasteiger partial charge in [-0.05, 0) is 5.41 Å². The molecule has 0 fully saturated rings. The van der Waals surface area contributed by atoms with E-state index in [1.165, 1.54) is 6.20 Å². The zero-order valence-electron chi connectivity index (χ0n) is 11.7. The van der Waals surface area contributed by atoms with Gasteiger partial charge in [0.1, 0.15) is 6.54 Å². The maximum atomic E-state index is 12.7. The van der Waals surface area contributed by atoms with Crippen LogP contribution in [0, 0.1) is 0 Å². The standard InChI is InChI=1S/C15H17F3N2/c1-14(2,3)12-9-19-20(10-15(16,17)18)13(12)11-7-5-4-6-8-11/h4-9H,10H2,1-3H3. The molecule has 108 valence electrons. The Kier molecular flexibility index (Phi) is 3.63. The molecule has 2 aromatic rings. The highest BCUT2D eigenvalue weighted by molar-refractivity contribution is 5.64. The Balaban J connectivity index is 2.58. The molecule has 0 radical (unpaired) electrons. The summed E-state index contributed by atoms with van der Waals surface area (Å²) in [5.74, 6) is 0. The molecule has 20 heavy (non-hydrogen) atoms. The van der Waals surface area contributed by atoms with E-state index in [2.05, 4.69) is 5.10 Å². The summed E-state index contributed by atoms with van der Waals surface area (Å²) >= 11 is 0. The van der Waals surface area contributed by atoms with Gasteiger partial charge < -0.3 is 0 Å². The van der Waals surface area contributed by atoms with Crippen LogP contribution in [-0.2, 0) is 12.0 Å². The largest absolute Gasteiger partial charge is 0.408 e. The molecule has 0 N–H and O–H groups in total. The number of nitrogens with zero attached hydrogens (tertiary/aromatic N) is 2. The molecule has 0 saturated heterocycles. The average molecular weight is 282 g/mol. The second-order valence-electron chi connectivity index (χ2n) is 5.80. The summed E-state index contributed by atoms with van der Waals surface area (Å²) in [6.07, 6.45) is -2.75. The first kappa shape index (κ1) is 14.6. The van der Waals surface area contributed by atoms with Crippen molar-refractivity contribution in [1.29, 1.82) is 0 Å². The van der Waals surface area contributed by atoms with Gasteiger partial charge in [0.25, 0.3) is 0 Å². The van der Waals surface area contributed by atoms with E-state index in [-0.39, 0.29) is 5.41 Å². The Morgan fingerprint density at radius 3 is 2.15 bits per heavy atom. The fourth-order valence-electron chi connectivity index (χ4n) is 2.12. The van der Waals surface area contributed by atoms with Crippen molar-refractivity contribution in [2.45, 2.75) is 38.9 Å². The first-order valence-electron chi connectivity index (χ1n) is 6.37. The number of hydrogen-bond acceptors (Lipinski definition) is 1. The molecule has 0 unspecified atom stereocenters. The van der Waals surface area contributed by atoms with E-state index in [9.17, 15) is 13.2 Å². The summed E-state index contributed by atoms with van der Waals surface area (Å²) in [4.78, 5) is 0. The third kappa shape index (κ3) is 3.21. The second kappa shape index (κ2) is 4.96. The number of alkyl halides is 3. The number of halogens is 3. The van der Waals surface area contributed by atoms with Crippen molar-refractivity contribution in [1.82, 2.24) is 9.78 Å². The lowest BCUT2D eigenvalue weighted by atomic mass is 9.85. The van der Waals surface area contributed by atoms with E-state index >= 15 is 0 Å². The molecule has 0 amide bonds. The van der Waals surface area contributed by atoms with Gasteiger partial charge >= 0.3 is 6.18 Å². The van der Waals surface area contributed by atoms with Crippen LogP contribution in [-0.4, -0.2) is 16.0 Å².